The molecule has 0 saturated heterocycles. The van der Waals surface area contributed by atoms with Crippen LogP contribution in [0.25, 0.3) is 0 Å². The first-order valence-electron chi connectivity index (χ1n) is 6.16. The number of rotatable bonds is 4. The van der Waals surface area contributed by atoms with Crippen molar-refractivity contribution < 1.29 is 9.53 Å². The zero-order chi connectivity index (χ0) is 14.5. The molecule has 104 valence electrons. The summed E-state index contributed by atoms with van der Waals surface area (Å²) in [7, 11) is 1.62. The number of pyridine rings is 1. The van der Waals surface area contributed by atoms with E-state index in [2.05, 4.69) is 26.2 Å². The van der Waals surface area contributed by atoms with Crippen LogP contribution in [-0.4, -0.2) is 18.0 Å². The molecule has 1 aromatic heterocycles. The summed E-state index contributed by atoms with van der Waals surface area (Å²) in [5.41, 5.74) is 1.60. The Bertz CT molecular complexity index is 602. The molecule has 0 aliphatic heterocycles. The van der Waals surface area contributed by atoms with Crippen molar-refractivity contribution in [2.45, 2.75) is 13.0 Å². The zero-order valence-electron chi connectivity index (χ0n) is 11.3. The van der Waals surface area contributed by atoms with Gasteiger partial charge in [0.1, 0.15) is 5.75 Å². The first-order chi connectivity index (χ1) is 9.61. The van der Waals surface area contributed by atoms with E-state index >= 15 is 0 Å². The summed E-state index contributed by atoms with van der Waals surface area (Å²) in [6.45, 7) is 1.94. The smallest absolute Gasteiger partial charge is 0.251 e. The Morgan fingerprint density at radius 1 is 1.30 bits per heavy atom. The molecule has 0 fully saturated rings. The van der Waals surface area contributed by atoms with Crippen LogP contribution in [0.4, 0.5) is 0 Å². The number of aromatic nitrogens is 1. The lowest BCUT2D eigenvalue weighted by Crippen LogP contribution is -2.26. The van der Waals surface area contributed by atoms with Crippen molar-refractivity contribution in [2.24, 2.45) is 0 Å². The number of hydrogen-bond acceptors (Lipinski definition) is 3. The highest BCUT2D eigenvalue weighted by Crippen LogP contribution is 2.28. The Hall–Kier alpha value is -1.88. The van der Waals surface area contributed by atoms with Crippen molar-refractivity contribution in [1.29, 1.82) is 0 Å². The van der Waals surface area contributed by atoms with Crippen LogP contribution in [-0.2, 0) is 0 Å². The average molecular weight is 335 g/mol. The number of methoxy groups -OCH3 is 1. The van der Waals surface area contributed by atoms with Gasteiger partial charge in [0.05, 0.1) is 17.6 Å². The van der Waals surface area contributed by atoms with Crippen LogP contribution in [0.15, 0.2) is 47.2 Å². The number of hydrogen-bond donors (Lipinski definition) is 1. The quantitative estimate of drug-likeness (QED) is 0.932. The van der Waals surface area contributed by atoms with Crippen molar-refractivity contribution in [3.8, 4) is 5.75 Å². The van der Waals surface area contributed by atoms with Gasteiger partial charge in [0.2, 0.25) is 0 Å². The van der Waals surface area contributed by atoms with Gasteiger partial charge in [-0.3, -0.25) is 9.78 Å². The van der Waals surface area contributed by atoms with Crippen LogP contribution in [0.1, 0.15) is 28.9 Å². The molecule has 0 saturated carbocycles. The van der Waals surface area contributed by atoms with Gasteiger partial charge < -0.3 is 10.1 Å². The highest BCUT2D eigenvalue weighted by Gasteiger charge is 2.12. The van der Waals surface area contributed by atoms with Gasteiger partial charge >= 0.3 is 0 Å². The number of halogens is 1. The fraction of sp³-hybridized carbons (Fsp3) is 0.200. The fourth-order valence-electron chi connectivity index (χ4n) is 1.82. The molecule has 1 amide bonds. The molecular weight excluding hydrogens is 320 g/mol. The zero-order valence-corrected chi connectivity index (χ0v) is 12.8. The number of ether oxygens (including phenoxy) is 1. The summed E-state index contributed by atoms with van der Waals surface area (Å²) in [5, 5.41) is 2.95. The summed E-state index contributed by atoms with van der Waals surface area (Å²) in [4.78, 5) is 16.0. The minimum atomic E-state index is -0.119. The van der Waals surface area contributed by atoms with Crippen LogP contribution in [0.2, 0.25) is 0 Å². The second-order valence-electron chi connectivity index (χ2n) is 4.33. The fourth-order valence-corrected chi connectivity index (χ4v) is 2.38. The van der Waals surface area contributed by atoms with Crippen LogP contribution >= 0.6 is 15.9 Å². The number of nitrogens with zero attached hydrogens (tertiary/aromatic N) is 1. The van der Waals surface area contributed by atoms with E-state index in [4.69, 9.17) is 4.74 Å². The largest absolute Gasteiger partial charge is 0.496 e. The van der Waals surface area contributed by atoms with E-state index in [1.165, 1.54) is 0 Å². The molecule has 1 aromatic carbocycles. The average Bonchev–Trinajstić information content (AvgIpc) is 2.48. The summed E-state index contributed by atoms with van der Waals surface area (Å²) in [6.07, 6.45) is 3.20. The lowest BCUT2D eigenvalue weighted by atomic mass is 10.1. The standard InChI is InChI=1S/C15H15BrN2O2/c1-10(12-3-4-14(20-2)13(16)9-12)18-15(19)11-5-7-17-8-6-11/h3-10H,1-2H3,(H,18,19). The Balaban J connectivity index is 2.10. The second kappa shape index (κ2) is 6.52. The minimum absolute atomic E-state index is 0.0992. The number of carbonyl (C=O) groups is 1. The topological polar surface area (TPSA) is 51.2 Å². The Morgan fingerprint density at radius 3 is 2.60 bits per heavy atom. The van der Waals surface area contributed by atoms with Gasteiger partial charge in [-0.25, -0.2) is 0 Å². The molecule has 0 aliphatic carbocycles. The van der Waals surface area contributed by atoms with Crippen LogP contribution in [0, 0.1) is 0 Å². The SMILES string of the molecule is COc1ccc(C(C)NC(=O)c2ccncc2)cc1Br. The molecule has 20 heavy (non-hydrogen) atoms. The molecule has 1 atom stereocenters. The summed E-state index contributed by atoms with van der Waals surface area (Å²) >= 11 is 3.44. The Morgan fingerprint density at radius 2 is 2.00 bits per heavy atom. The monoisotopic (exact) mass is 334 g/mol. The lowest BCUT2D eigenvalue weighted by Gasteiger charge is -2.15. The van der Waals surface area contributed by atoms with Crippen LogP contribution in [0.5, 0.6) is 5.75 Å². The highest BCUT2D eigenvalue weighted by atomic mass is 79.9. The Labute approximate surface area is 126 Å². The summed E-state index contributed by atoms with van der Waals surface area (Å²) < 4.78 is 6.05. The van der Waals surface area contributed by atoms with Crippen LogP contribution in [0.3, 0.4) is 0 Å². The molecule has 2 aromatic rings. The molecule has 4 nitrogen and oxygen atoms in total. The first-order valence-corrected chi connectivity index (χ1v) is 6.95. The van der Waals surface area contributed by atoms with Gasteiger partial charge in [-0.05, 0) is 52.7 Å². The molecule has 1 unspecified atom stereocenters. The predicted octanol–water partition coefficient (Wildman–Crippen LogP) is 3.34. The normalized spacial score (nSPS) is 11.8. The summed E-state index contributed by atoms with van der Waals surface area (Å²) in [6, 6.07) is 9.02. The van der Waals surface area contributed by atoms with E-state index in [0.29, 0.717) is 5.56 Å². The van der Waals surface area contributed by atoms with E-state index in [9.17, 15) is 4.79 Å². The molecule has 0 bridgehead atoms. The van der Waals surface area contributed by atoms with Gasteiger partial charge in [-0.1, -0.05) is 6.07 Å². The highest BCUT2D eigenvalue weighted by molar-refractivity contribution is 9.10. The third kappa shape index (κ3) is 3.36. The summed E-state index contributed by atoms with van der Waals surface area (Å²) in [5.74, 6) is 0.647. The van der Waals surface area contributed by atoms with Gasteiger partial charge in [0, 0.05) is 18.0 Å². The Kier molecular flexibility index (Phi) is 4.74. The van der Waals surface area contributed by atoms with E-state index < -0.39 is 0 Å². The maximum absolute atomic E-state index is 12.1. The van der Waals surface area contributed by atoms with Gasteiger partial charge in [0.15, 0.2) is 0 Å². The third-order valence-electron chi connectivity index (χ3n) is 2.97. The van der Waals surface area contributed by atoms with Gasteiger partial charge in [-0.2, -0.15) is 0 Å². The van der Waals surface area contributed by atoms with E-state index in [-0.39, 0.29) is 11.9 Å². The molecule has 0 radical (unpaired) electrons. The molecular formula is C15H15BrN2O2. The number of nitrogens with one attached hydrogen (secondary N) is 1. The van der Waals surface area contributed by atoms with Gasteiger partial charge in [0.25, 0.3) is 5.91 Å². The molecule has 1 heterocycles. The molecule has 2 rings (SSSR count). The van der Waals surface area contributed by atoms with Crippen molar-refractivity contribution in [3.05, 3.63) is 58.3 Å². The third-order valence-corrected chi connectivity index (χ3v) is 3.59. The number of amides is 1. The maximum atomic E-state index is 12.1. The van der Waals surface area contributed by atoms with Gasteiger partial charge in [-0.15, -0.1) is 0 Å². The molecule has 0 aliphatic rings. The van der Waals surface area contributed by atoms with Crippen molar-refractivity contribution >= 4 is 21.8 Å². The number of carbonyl (C=O) groups excluding carboxylic acids is 1. The van der Waals surface area contributed by atoms with E-state index in [0.717, 1.165) is 15.8 Å². The molecule has 1 N–H and O–H groups in total. The molecule has 0 spiro atoms. The van der Waals surface area contributed by atoms with Crippen LogP contribution < -0.4 is 10.1 Å². The van der Waals surface area contributed by atoms with Crippen molar-refractivity contribution in [3.63, 3.8) is 0 Å². The predicted molar refractivity (Wildman–Crippen MR) is 80.8 cm³/mol. The number of benzene rings is 1. The van der Waals surface area contributed by atoms with E-state index in [1.54, 1.807) is 31.6 Å². The van der Waals surface area contributed by atoms with Crippen molar-refractivity contribution in [1.82, 2.24) is 10.3 Å². The van der Waals surface area contributed by atoms with Crippen molar-refractivity contribution in [2.75, 3.05) is 7.11 Å². The minimum Gasteiger partial charge on any atom is -0.496 e. The lowest BCUT2D eigenvalue weighted by molar-refractivity contribution is 0.0940. The second-order valence-corrected chi connectivity index (χ2v) is 5.18. The molecule has 5 heteroatoms. The maximum Gasteiger partial charge on any atom is 0.251 e. The first kappa shape index (κ1) is 14.5. The van der Waals surface area contributed by atoms with E-state index in [1.807, 2.05) is 25.1 Å².